The Hall–Kier alpha value is -1.91. The number of allylic oxidation sites excluding steroid dienone is 10. The van der Waals surface area contributed by atoms with Crippen LogP contribution >= 0.6 is 0 Å². The first-order valence-electron chi connectivity index (χ1n) is 25.5. The van der Waals surface area contributed by atoms with Gasteiger partial charge in [-0.25, -0.2) is 0 Å². The van der Waals surface area contributed by atoms with Crippen LogP contribution in [0.4, 0.5) is 0 Å². The Morgan fingerprint density at radius 1 is 0.431 bits per heavy atom. The summed E-state index contributed by atoms with van der Waals surface area (Å²) in [6.45, 7) is 4.26. The summed E-state index contributed by atoms with van der Waals surface area (Å²) in [5.74, 6) is -0.0346. The molecule has 4 heteroatoms. The van der Waals surface area contributed by atoms with Gasteiger partial charge in [0.15, 0.2) is 0 Å². The highest BCUT2D eigenvalue weighted by molar-refractivity contribution is 5.76. The molecule has 0 aliphatic carbocycles. The van der Waals surface area contributed by atoms with Gasteiger partial charge < -0.3 is 15.5 Å². The molecule has 2 unspecified atom stereocenters. The molecule has 0 aromatic rings. The van der Waals surface area contributed by atoms with Crippen LogP contribution in [-0.2, 0) is 4.79 Å². The molecule has 0 spiro atoms. The van der Waals surface area contributed by atoms with E-state index in [1.807, 2.05) is 0 Å². The van der Waals surface area contributed by atoms with Gasteiger partial charge in [0.2, 0.25) is 5.91 Å². The fourth-order valence-corrected chi connectivity index (χ4v) is 7.68. The van der Waals surface area contributed by atoms with Crippen molar-refractivity contribution >= 4 is 5.91 Å². The highest BCUT2D eigenvalue weighted by Gasteiger charge is 2.20. The van der Waals surface area contributed by atoms with Crippen molar-refractivity contribution in [3.05, 3.63) is 60.8 Å². The van der Waals surface area contributed by atoms with E-state index in [1.54, 1.807) is 0 Å². The predicted octanol–water partition coefficient (Wildman–Crippen LogP) is 16.5. The van der Waals surface area contributed by atoms with Gasteiger partial charge in [0, 0.05) is 6.42 Å². The highest BCUT2D eigenvalue weighted by Crippen LogP contribution is 2.17. The van der Waals surface area contributed by atoms with Crippen LogP contribution in [0.1, 0.15) is 258 Å². The summed E-state index contributed by atoms with van der Waals surface area (Å²) in [7, 11) is 0. The smallest absolute Gasteiger partial charge is 0.220 e. The van der Waals surface area contributed by atoms with Crippen LogP contribution in [0.15, 0.2) is 60.8 Å². The topological polar surface area (TPSA) is 69.6 Å². The second-order valence-corrected chi connectivity index (χ2v) is 17.2. The van der Waals surface area contributed by atoms with E-state index in [9.17, 15) is 15.0 Å². The summed E-state index contributed by atoms with van der Waals surface area (Å²) in [5.41, 5.74) is 0. The molecule has 0 aromatic heterocycles. The maximum atomic E-state index is 12.5. The third-order valence-corrected chi connectivity index (χ3v) is 11.5. The molecule has 0 saturated heterocycles. The Kier molecular flexibility index (Phi) is 47.8. The van der Waals surface area contributed by atoms with E-state index in [-0.39, 0.29) is 12.5 Å². The fraction of sp³-hybridized carbons (Fsp3) is 0.796. The average molecular weight is 810 g/mol. The van der Waals surface area contributed by atoms with Gasteiger partial charge in [0.1, 0.15) is 0 Å². The van der Waals surface area contributed by atoms with E-state index >= 15 is 0 Å². The lowest BCUT2D eigenvalue weighted by Gasteiger charge is -2.22. The lowest BCUT2D eigenvalue weighted by Crippen LogP contribution is -2.45. The third-order valence-electron chi connectivity index (χ3n) is 11.5. The number of amides is 1. The van der Waals surface area contributed by atoms with Crippen molar-refractivity contribution in [2.24, 2.45) is 0 Å². The van der Waals surface area contributed by atoms with Crippen molar-refractivity contribution in [3.8, 4) is 0 Å². The molecule has 2 atom stereocenters. The summed E-state index contributed by atoms with van der Waals surface area (Å²) in [6, 6.07) is -0.541. The molecular formula is C54H99NO3. The molecule has 3 N–H and O–H groups in total. The van der Waals surface area contributed by atoms with Gasteiger partial charge in [0.25, 0.3) is 0 Å². The minimum absolute atomic E-state index is 0.0346. The normalized spacial score (nSPS) is 13.4. The number of hydrogen-bond donors (Lipinski definition) is 3. The van der Waals surface area contributed by atoms with E-state index in [4.69, 9.17) is 0 Å². The zero-order valence-electron chi connectivity index (χ0n) is 38.8. The molecule has 0 aromatic carbocycles. The van der Waals surface area contributed by atoms with Crippen LogP contribution in [0.3, 0.4) is 0 Å². The van der Waals surface area contributed by atoms with Crippen molar-refractivity contribution in [3.63, 3.8) is 0 Å². The summed E-state index contributed by atoms with van der Waals surface area (Å²) in [4.78, 5) is 12.5. The van der Waals surface area contributed by atoms with Crippen LogP contribution in [0, 0.1) is 0 Å². The Balaban J connectivity index is 3.51. The van der Waals surface area contributed by atoms with Crippen LogP contribution in [-0.4, -0.2) is 34.9 Å². The first kappa shape index (κ1) is 56.1. The summed E-state index contributed by atoms with van der Waals surface area (Å²) in [5, 5.41) is 23.3. The quantitative estimate of drug-likeness (QED) is 0.0424. The Morgan fingerprint density at radius 3 is 1.14 bits per heavy atom. The summed E-state index contributed by atoms with van der Waals surface area (Å²) in [6.07, 6.45) is 68.9. The Morgan fingerprint density at radius 2 is 0.759 bits per heavy atom. The minimum atomic E-state index is -0.663. The van der Waals surface area contributed by atoms with Gasteiger partial charge >= 0.3 is 0 Å². The van der Waals surface area contributed by atoms with Crippen LogP contribution < -0.4 is 5.32 Å². The van der Waals surface area contributed by atoms with Crippen molar-refractivity contribution in [2.75, 3.05) is 6.61 Å². The molecule has 0 saturated carbocycles. The highest BCUT2D eigenvalue weighted by atomic mass is 16.3. The molecule has 0 radical (unpaired) electrons. The van der Waals surface area contributed by atoms with E-state index < -0.39 is 12.1 Å². The second-order valence-electron chi connectivity index (χ2n) is 17.2. The lowest BCUT2D eigenvalue weighted by molar-refractivity contribution is -0.123. The van der Waals surface area contributed by atoms with Crippen LogP contribution in [0.25, 0.3) is 0 Å². The van der Waals surface area contributed by atoms with Gasteiger partial charge in [-0.15, -0.1) is 0 Å². The first-order valence-corrected chi connectivity index (χ1v) is 25.5. The van der Waals surface area contributed by atoms with Gasteiger partial charge in [-0.05, 0) is 57.8 Å². The van der Waals surface area contributed by atoms with Crippen molar-refractivity contribution < 1.29 is 15.0 Å². The monoisotopic (exact) mass is 810 g/mol. The van der Waals surface area contributed by atoms with Gasteiger partial charge in [-0.2, -0.15) is 0 Å². The van der Waals surface area contributed by atoms with E-state index in [0.717, 1.165) is 57.8 Å². The average Bonchev–Trinajstić information content (AvgIpc) is 3.23. The Labute approximate surface area is 362 Å². The van der Waals surface area contributed by atoms with Crippen molar-refractivity contribution in [2.45, 2.75) is 270 Å². The Bertz CT molecular complexity index is 965. The maximum Gasteiger partial charge on any atom is 0.220 e. The molecular weight excluding hydrogens is 711 g/mol. The molecule has 0 heterocycles. The number of unbranched alkanes of at least 4 members (excludes halogenated alkanes) is 29. The van der Waals surface area contributed by atoms with Crippen molar-refractivity contribution in [1.82, 2.24) is 5.32 Å². The molecule has 338 valence electrons. The number of aliphatic hydroxyl groups is 2. The zero-order chi connectivity index (χ0) is 42.1. The molecule has 4 nitrogen and oxygen atoms in total. The van der Waals surface area contributed by atoms with Crippen molar-refractivity contribution in [1.29, 1.82) is 0 Å². The van der Waals surface area contributed by atoms with E-state index in [0.29, 0.717) is 12.8 Å². The standard InChI is InChI=1S/C54H99NO3/c1-3-5-7-9-11-13-15-17-19-21-23-24-25-26-27-28-29-30-32-34-36-38-40-42-44-46-48-50-54(58)55-52(51-56)53(57)49-47-45-43-41-39-37-35-33-31-22-20-18-16-14-12-10-8-6-4-2/h5,7,11,13,17,19,23-24,26-27,52-53,56-57H,3-4,6,8-10,12,14-16,18,20-22,25,28-51H2,1-2H3,(H,55,58)/b7-5-,13-11-,19-17-,24-23-,27-26-. The molecule has 0 fully saturated rings. The van der Waals surface area contributed by atoms with Gasteiger partial charge in [-0.1, -0.05) is 254 Å². The number of aliphatic hydroxyl groups excluding tert-OH is 2. The molecule has 0 bridgehead atoms. The number of rotatable bonds is 46. The SMILES string of the molecule is CC/C=C\C/C=C\C/C=C\C/C=C\C/C=C\CCCCCCCCCCCCCC(=O)NC(CO)C(O)CCCCCCCCCCCCCCCCCCCCC. The second kappa shape index (κ2) is 49.5. The van der Waals surface area contributed by atoms with E-state index in [2.05, 4.69) is 79.9 Å². The number of hydrogen-bond acceptors (Lipinski definition) is 3. The molecule has 0 aliphatic heterocycles. The lowest BCUT2D eigenvalue weighted by atomic mass is 10.0. The zero-order valence-corrected chi connectivity index (χ0v) is 38.8. The largest absolute Gasteiger partial charge is 0.394 e. The third kappa shape index (κ3) is 45.2. The summed E-state index contributed by atoms with van der Waals surface area (Å²) < 4.78 is 0. The molecule has 58 heavy (non-hydrogen) atoms. The maximum absolute atomic E-state index is 12.5. The van der Waals surface area contributed by atoms with Crippen LogP contribution in [0.5, 0.6) is 0 Å². The van der Waals surface area contributed by atoms with Crippen LogP contribution in [0.2, 0.25) is 0 Å². The molecule has 0 aliphatic rings. The minimum Gasteiger partial charge on any atom is -0.394 e. The van der Waals surface area contributed by atoms with E-state index in [1.165, 1.54) is 173 Å². The number of carbonyl (C=O) groups excluding carboxylic acids is 1. The van der Waals surface area contributed by atoms with Gasteiger partial charge in [-0.3, -0.25) is 4.79 Å². The summed E-state index contributed by atoms with van der Waals surface area (Å²) >= 11 is 0. The predicted molar refractivity (Wildman–Crippen MR) is 258 cm³/mol. The number of carbonyl (C=O) groups is 1. The number of nitrogens with one attached hydrogen (secondary N) is 1. The fourth-order valence-electron chi connectivity index (χ4n) is 7.68. The van der Waals surface area contributed by atoms with Gasteiger partial charge in [0.05, 0.1) is 18.8 Å². The molecule has 1 amide bonds. The first-order chi connectivity index (χ1) is 28.7. The molecule has 0 rings (SSSR count).